The summed E-state index contributed by atoms with van der Waals surface area (Å²) in [6.45, 7) is 7.05. The van der Waals surface area contributed by atoms with E-state index in [4.69, 9.17) is 0 Å². The highest BCUT2D eigenvalue weighted by Gasteiger charge is 2.31. The summed E-state index contributed by atoms with van der Waals surface area (Å²) in [6.07, 6.45) is 4.02. The zero-order valence-corrected chi connectivity index (χ0v) is 11.2. The normalized spacial score (nSPS) is 29.5. The second kappa shape index (κ2) is 5.12. The second-order valence-corrected chi connectivity index (χ2v) is 6.02. The van der Waals surface area contributed by atoms with E-state index >= 15 is 0 Å². The van der Waals surface area contributed by atoms with Crippen molar-refractivity contribution in [1.29, 1.82) is 0 Å². The molecule has 1 saturated carbocycles. The Bertz CT molecular complexity index is 352. The van der Waals surface area contributed by atoms with E-state index in [-0.39, 0.29) is 0 Å². The first-order valence-electron chi connectivity index (χ1n) is 6.87. The minimum Gasteiger partial charge on any atom is -0.508 e. The van der Waals surface area contributed by atoms with Crippen molar-refractivity contribution in [1.82, 2.24) is 0 Å². The van der Waals surface area contributed by atoms with Crippen LogP contribution >= 0.6 is 0 Å². The number of phenols is 1. The van der Waals surface area contributed by atoms with Gasteiger partial charge in [-0.3, -0.25) is 0 Å². The molecule has 3 unspecified atom stereocenters. The van der Waals surface area contributed by atoms with Crippen LogP contribution in [0.3, 0.4) is 0 Å². The highest BCUT2D eigenvalue weighted by Crippen LogP contribution is 2.44. The molecule has 17 heavy (non-hydrogen) atoms. The van der Waals surface area contributed by atoms with Crippen molar-refractivity contribution in [3.8, 4) is 5.75 Å². The largest absolute Gasteiger partial charge is 0.508 e. The molecule has 1 heteroatoms. The van der Waals surface area contributed by atoms with Crippen molar-refractivity contribution >= 4 is 0 Å². The fourth-order valence-electron chi connectivity index (χ4n) is 3.31. The van der Waals surface area contributed by atoms with Crippen LogP contribution in [0.15, 0.2) is 24.3 Å². The fraction of sp³-hybridized carbons (Fsp3) is 0.625. The van der Waals surface area contributed by atoms with Gasteiger partial charge < -0.3 is 5.11 Å². The highest BCUT2D eigenvalue weighted by atomic mass is 16.3. The molecule has 0 amide bonds. The van der Waals surface area contributed by atoms with Crippen LogP contribution < -0.4 is 0 Å². The van der Waals surface area contributed by atoms with E-state index in [1.54, 1.807) is 0 Å². The van der Waals surface area contributed by atoms with Gasteiger partial charge in [0.05, 0.1) is 0 Å². The van der Waals surface area contributed by atoms with Gasteiger partial charge in [-0.15, -0.1) is 0 Å². The van der Waals surface area contributed by atoms with Gasteiger partial charge in [-0.2, -0.15) is 0 Å². The van der Waals surface area contributed by atoms with E-state index in [2.05, 4.69) is 32.9 Å². The van der Waals surface area contributed by atoms with Gasteiger partial charge in [0.15, 0.2) is 0 Å². The Labute approximate surface area is 105 Å². The Balaban J connectivity index is 2.22. The summed E-state index contributed by atoms with van der Waals surface area (Å²) in [7, 11) is 0. The van der Waals surface area contributed by atoms with Gasteiger partial charge >= 0.3 is 0 Å². The second-order valence-electron chi connectivity index (χ2n) is 6.02. The molecule has 1 N–H and O–H groups in total. The minimum atomic E-state index is 0.374. The molecule has 0 bridgehead atoms. The van der Waals surface area contributed by atoms with Crippen molar-refractivity contribution in [2.45, 2.75) is 46.0 Å². The maximum atomic E-state index is 9.38. The quantitative estimate of drug-likeness (QED) is 0.792. The molecule has 1 aliphatic carbocycles. The van der Waals surface area contributed by atoms with Gasteiger partial charge in [-0.05, 0) is 54.2 Å². The third-order valence-electron chi connectivity index (χ3n) is 4.34. The van der Waals surface area contributed by atoms with Crippen LogP contribution in [-0.2, 0) is 0 Å². The van der Waals surface area contributed by atoms with Crippen LogP contribution in [0.5, 0.6) is 5.75 Å². The number of phenolic OH excluding ortho intramolecular Hbond substituents is 1. The average Bonchev–Trinajstić information content (AvgIpc) is 2.29. The summed E-state index contributed by atoms with van der Waals surface area (Å²) in [5, 5.41) is 9.38. The van der Waals surface area contributed by atoms with E-state index in [1.165, 1.54) is 24.8 Å². The summed E-state index contributed by atoms with van der Waals surface area (Å²) < 4.78 is 0. The predicted octanol–water partition coefficient (Wildman–Crippen LogP) is 4.57. The molecule has 2 rings (SSSR count). The Morgan fingerprint density at radius 2 is 1.76 bits per heavy atom. The van der Waals surface area contributed by atoms with E-state index < -0.39 is 0 Å². The third-order valence-corrected chi connectivity index (χ3v) is 4.34. The Kier molecular flexibility index (Phi) is 3.76. The lowest BCUT2D eigenvalue weighted by Gasteiger charge is -2.37. The van der Waals surface area contributed by atoms with Crippen LogP contribution in [0.1, 0.15) is 51.5 Å². The number of benzene rings is 1. The smallest absolute Gasteiger partial charge is 0.115 e. The van der Waals surface area contributed by atoms with E-state index in [1.807, 2.05) is 12.1 Å². The maximum absolute atomic E-state index is 9.38. The Hall–Kier alpha value is -0.980. The van der Waals surface area contributed by atoms with Gasteiger partial charge in [-0.1, -0.05) is 39.3 Å². The first-order chi connectivity index (χ1) is 8.08. The number of hydrogen-bond donors (Lipinski definition) is 1. The molecule has 0 saturated heterocycles. The van der Waals surface area contributed by atoms with Crippen molar-refractivity contribution in [3.05, 3.63) is 29.8 Å². The van der Waals surface area contributed by atoms with Gasteiger partial charge in [0.25, 0.3) is 0 Å². The lowest BCUT2D eigenvalue weighted by Crippen LogP contribution is -2.26. The van der Waals surface area contributed by atoms with Crippen LogP contribution in [0.25, 0.3) is 0 Å². The molecule has 1 nitrogen and oxygen atoms in total. The van der Waals surface area contributed by atoms with Crippen LogP contribution in [0, 0.1) is 17.8 Å². The number of hydrogen-bond acceptors (Lipinski definition) is 1. The zero-order chi connectivity index (χ0) is 12.4. The molecular weight excluding hydrogens is 208 g/mol. The monoisotopic (exact) mass is 232 g/mol. The van der Waals surface area contributed by atoms with Crippen molar-refractivity contribution in [2.75, 3.05) is 0 Å². The highest BCUT2D eigenvalue weighted by molar-refractivity contribution is 5.29. The molecule has 0 spiro atoms. The summed E-state index contributed by atoms with van der Waals surface area (Å²) in [5.74, 6) is 3.44. The van der Waals surface area contributed by atoms with Crippen LogP contribution in [0.2, 0.25) is 0 Å². The number of aromatic hydroxyl groups is 1. The Morgan fingerprint density at radius 1 is 1.12 bits per heavy atom. The van der Waals surface area contributed by atoms with Crippen LogP contribution in [0.4, 0.5) is 0 Å². The van der Waals surface area contributed by atoms with Crippen molar-refractivity contribution in [2.24, 2.45) is 17.8 Å². The van der Waals surface area contributed by atoms with Crippen molar-refractivity contribution in [3.63, 3.8) is 0 Å². The fourth-order valence-corrected chi connectivity index (χ4v) is 3.31. The molecule has 1 aromatic carbocycles. The summed E-state index contributed by atoms with van der Waals surface area (Å²) >= 11 is 0. The lowest BCUT2D eigenvalue weighted by atomic mass is 9.68. The predicted molar refractivity (Wildman–Crippen MR) is 72.2 cm³/mol. The van der Waals surface area contributed by atoms with Gasteiger partial charge in [0, 0.05) is 0 Å². The summed E-state index contributed by atoms with van der Waals surface area (Å²) in [6, 6.07) is 7.86. The Morgan fingerprint density at radius 3 is 2.35 bits per heavy atom. The molecule has 1 aliphatic rings. The first kappa shape index (κ1) is 12.5. The summed E-state index contributed by atoms with van der Waals surface area (Å²) in [5.41, 5.74) is 1.41. The van der Waals surface area contributed by atoms with Crippen molar-refractivity contribution < 1.29 is 5.11 Å². The maximum Gasteiger partial charge on any atom is 0.115 e. The number of rotatable bonds is 2. The minimum absolute atomic E-state index is 0.374. The standard InChI is InChI=1S/C16H24O/c1-11(2)15-9-4-12(3)10-16(15)13-5-7-14(17)8-6-13/h5-8,11-12,15-17H,4,9-10H2,1-3H3. The van der Waals surface area contributed by atoms with E-state index in [0.29, 0.717) is 11.7 Å². The molecule has 1 fully saturated rings. The SMILES string of the molecule is CC1CCC(C(C)C)C(c2ccc(O)cc2)C1. The zero-order valence-electron chi connectivity index (χ0n) is 11.2. The lowest BCUT2D eigenvalue weighted by molar-refractivity contribution is 0.197. The molecular formula is C16H24O. The molecule has 0 radical (unpaired) electrons. The molecule has 1 aromatic rings. The van der Waals surface area contributed by atoms with Crippen LogP contribution in [-0.4, -0.2) is 5.11 Å². The molecule has 3 atom stereocenters. The van der Waals surface area contributed by atoms with E-state index in [9.17, 15) is 5.11 Å². The molecule has 94 valence electrons. The molecule has 0 aromatic heterocycles. The third kappa shape index (κ3) is 2.83. The van der Waals surface area contributed by atoms with Gasteiger partial charge in [-0.25, -0.2) is 0 Å². The topological polar surface area (TPSA) is 20.2 Å². The van der Waals surface area contributed by atoms with Gasteiger partial charge in [0.2, 0.25) is 0 Å². The molecule has 0 aliphatic heterocycles. The van der Waals surface area contributed by atoms with E-state index in [0.717, 1.165) is 17.8 Å². The van der Waals surface area contributed by atoms with Gasteiger partial charge in [0.1, 0.15) is 5.75 Å². The average molecular weight is 232 g/mol. The summed E-state index contributed by atoms with van der Waals surface area (Å²) in [4.78, 5) is 0. The molecule has 0 heterocycles. The first-order valence-corrected chi connectivity index (χ1v) is 6.87.